The molecule has 142 valence electrons. The highest BCUT2D eigenvalue weighted by molar-refractivity contribution is 5.94. The van der Waals surface area contributed by atoms with E-state index in [4.69, 9.17) is 14.2 Å². The lowest BCUT2D eigenvalue weighted by Crippen LogP contribution is -2.27. The van der Waals surface area contributed by atoms with E-state index in [-0.39, 0.29) is 17.8 Å². The Morgan fingerprint density at radius 1 is 1.23 bits per heavy atom. The molecule has 1 aromatic heterocycles. The van der Waals surface area contributed by atoms with E-state index < -0.39 is 0 Å². The highest BCUT2D eigenvalue weighted by Crippen LogP contribution is 2.45. The number of methoxy groups -OCH3 is 2. The predicted octanol–water partition coefficient (Wildman–Crippen LogP) is 4.27. The van der Waals surface area contributed by atoms with Crippen LogP contribution in [0, 0.1) is 12.8 Å². The van der Waals surface area contributed by atoms with E-state index in [9.17, 15) is 4.79 Å². The van der Waals surface area contributed by atoms with E-state index in [2.05, 4.69) is 37.5 Å². The van der Waals surface area contributed by atoms with E-state index in [1.54, 1.807) is 14.2 Å². The Morgan fingerprint density at radius 2 is 1.88 bits per heavy atom. The monoisotopic (exact) mass is 359 g/mol. The van der Waals surface area contributed by atoms with Crippen LogP contribution in [-0.4, -0.2) is 31.4 Å². The van der Waals surface area contributed by atoms with Crippen LogP contribution in [0.15, 0.2) is 23.7 Å². The average Bonchev–Trinajstić information content (AvgIpc) is 2.93. The fourth-order valence-corrected chi connectivity index (χ4v) is 4.45. The standard InChI is InChI=1S/C21H29NO4/c1-7-26-21(23)19-18(12(2)3)13(4)22-9-8-14-10-16(24-5)17(25-6)11-15(14)20(19)22/h10-12,14-15H,7-9H2,1-6H3. The van der Waals surface area contributed by atoms with Crippen LogP contribution < -0.4 is 0 Å². The molecular weight excluding hydrogens is 330 g/mol. The van der Waals surface area contributed by atoms with Crippen LogP contribution in [0.4, 0.5) is 0 Å². The molecule has 2 atom stereocenters. The summed E-state index contributed by atoms with van der Waals surface area (Å²) in [5.41, 5.74) is 4.08. The molecule has 1 aromatic rings. The van der Waals surface area contributed by atoms with Crippen molar-refractivity contribution < 1.29 is 19.0 Å². The van der Waals surface area contributed by atoms with Crippen molar-refractivity contribution >= 4 is 5.97 Å². The molecule has 2 heterocycles. The van der Waals surface area contributed by atoms with Crippen LogP contribution in [-0.2, 0) is 20.8 Å². The van der Waals surface area contributed by atoms with Gasteiger partial charge in [0.2, 0.25) is 0 Å². The normalized spacial score (nSPS) is 21.5. The lowest BCUT2D eigenvalue weighted by molar-refractivity contribution is 0.0522. The maximum atomic E-state index is 12.9. The first kappa shape index (κ1) is 18.6. The van der Waals surface area contributed by atoms with Crippen molar-refractivity contribution in [2.75, 3.05) is 20.8 Å². The number of esters is 1. The van der Waals surface area contributed by atoms with Gasteiger partial charge in [-0.1, -0.05) is 13.8 Å². The minimum Gasteiger partial charge on any atom is -0.493 e. The Balaban J connectivity index is 2.20. The summed E-state index contributed by atoms with van der Waals surface area (Å²) in [7, 11) is 3.31. The zero-order valence-corrected chi connectivity index (χ0v) is 16.6. The minimum atomic E-state index is -0.220. The van der Waals surface area contributed by atoms with E-state index >= 15 is 0 Å². The summed E-state index contributed by atoms with van der Waals surface area (Å²) >= 11 is 0. The smallest absolute Gasteiger partial charge is 0.340 e. The molecule has 0 saturated heterocycles. The molecule has 3 rings (SSSR count). The molecule has 2 aliphatic rings. The molecule has 0 aromatic carbocycles. The van der Waals surface area contributed by atoms with Crippen molar-refractivity contribution in [2.45, 2.75) is 52.5 Å². The zero-order valence-electron chi connectivity index (χ0n) is 16.6. The second-order valence-electron chi connectivity index (χ2n) is 7.23. The number of nitrogens with zero attached hydrogens (tertiary/aromatic N) is 1. The molecule has 0 saturated carbocycles. The highest BCUT2D eigenvalue weighted by atomic mass is 16.5. The molecule has 0 fully saturated rings. The minimum absolute atomic E-state index is 0.0863. The van der Waals surface area contributed by atoms with Crippen LogP contribution in [0.1, 0.15) is 66.3 Å². The SMILES string of the molecule is CCOC(=O)c1c(C(C)C)c(C)n2c1C1C=C(OC)C(OC)=CC1CC2. The zero-order chi connectivity index (χ0) is 19.0. The van der Waals surface area contributed by atoms with Crippen molar-refractivity contribution in [3.8, 4) is 0 Å². The van der Waals surface area contributed by atoms with Gasteiger partial charge in [-0.15, -0.1) is 0 Å². The number of hydrogen-bond donors (Lipinski definition) is 0. The first-order valence-electron chi connectivity index (χ1n) is 9.36. The third-order valence-corrected chi connectivity index (χ3v) is 5.51. The van der Waals surface area contributed by atoms with Crippen molar-refractivity contribution in [3.05, 3.63) is 46.2 Å². The molecule has 0 bridgehead atoms. The highest BCUT2D eigenvalue weighted by Gasteiger charge is 2.39. The van der Waals surface area contributed by atoms with Crippen LogP contribution in [0.3, 0.4) is 0 Å². The van der Waals surface area contributed by atoms with Gasteiger partial charge in [0, 0.05) is 23.9 Å². The van der Waals surface area contributed by atoms with Gasteiger partial charge in [0.15, 0.2) is 11.5 Å². The Morgan fingerprint density at radius 3 is 2.46 bits per heavy atom. The lowest BCUT2D eigenvalue weighted by atomic mass is 9.78. The van der Waals surface area contributed by atoms with Gasteiger partial charge in [-0.25, -0.2) is 4.79 Å². The van der Waals surface area contributed by atoms with Crippen LogP contribution >= 0.6 is 0 Å². The van der Waals surface area contributed by atoms with Gasteiger partial charge in [0.05, 0.1) is 26.4 Å². The first-order valence-corrected chi connectivity index (χ1v) is 9.36. The van der Waals surface area contributed by atoms with Crippen molar-refractivity contribution in [1.82, 2.24) is 4.57 Å². The van der Waals surface area contributed by atoms with Gasteiger partial charge in [0.25, 0.3) is 0 Å². The number of rotatable bonds is 5. The van der Waals surface area contributed by atoms with Crippen LogP contribution in [0.25, 0.3) is 0 Å². The van der Waals surface area contributed by atoms with Gasteiger partial charge < -0.3 is 18.8 Å². The Kier molecular flexibility index (Phi) is 5.17. The molecule has 1 aliphatic heterocycles. The second kappa shape index (κ2) is 7.22. The molecule has 1 aliphatic carbocycles. The Bertz CT molecular complexity index is 769. The molecule has 0 N–H and O–H groups in total. The summed E-state index contributed by atoms with van der Waals surface area (Å²) < 4.78 is 18.8. The molecule has 2 unspecified atom stereocenters. The fourth-order valence-electron chi connectivity index (χ4n) is 4.45. The quantitative estimate of drug-likeness (QED) is 0.737. The summed E-state index contributed by atoms with van der Waals surface area (Å²) in [6, 6.07) is 0. The molecule has 0 radical (unpaired) electrons. The third-order valence-electron chi connectivity index (χ3n) is 5.51. The summed E-state index contributed by atoms with van der Waals surface area (Å²) in [4.78, 5) is 12.9. The number of ether oxygens (including phenoxy) is 3. The first-order chi connectivity index (χ1) is 12.4. The van der Waals surface area contributed by atoms with E-state index in [0.717, 1.165) is 41.3 Å². The topological polar surface area (TPSA) is 49.7 Å². The second-order valence-corrected chi connectivity index (χ2v) is 7.23. The van der Waals surface area contributed by atoms with Gasteiger partial charge in [-0.2, -0.15) is 0 Å². The maximum absolute atomic E-state index is 12.9. The van der Waals surface area contributed by atoms with Crippen LogP contribution in [0.5, 0.6) is 0 Å². The predicted molar refractivity (Wildman–Crippen MR) is 100 cm³/mol. The number of allylic oxidation sites excluding steroid dienone is 2. The number of carbonyl (C=O) groups excluding carboxylic acids is 1. The van der Waals surface area contributed by atoms with Gasteiger partial charge in [0.1, 0.15) is 0 Å². The van der Waals surface area contributed by atoms with Crippen molar-refractivity contribution in [2.24, 2.45) is 5.92 Å². The average molecular weight is 359 g/mol. The molecule has 26 heavy (non-hydrogen) atoms. The summed E-state index contributed by atoms with van der Waals surface area (Å²) in [6.45, 7) is 9.50. The Hall–Kier alpha value is -2.17. The molecular formula is C21H29NO4. The number of aromatic nitrogens is 1. The summed E-state index contributed by atoms with van der Waals surface area (Å²) in [5.74, 6) is 1.91. The summed E-state index contributed by atoms with van der Waals surface area (Å²) in [6.07, 6.45) is 5.24. The van der Waals surface area contributed by atoms with Crippen molar-refractivity contribution in [3.63, 3.8) is 0 Å². The van der Waals surface area contributed by atoms with E-state index in [0.29, 0.717) is 12.5 Å². The maximum Gasteiger partial charge on any atom is 0.340 e. The van der Waals surface area contributed by atoms with Crippen LogP contribution in [0.2, 0.25) is 0 Å². The van der Waals surface area contributed by atoms with Crippen molar-refractivity contribution in [1.29, 1.82) is 0 Å². The third kappa shape index (κ3) is 2.83. The molecule has 0 spiro atoms. The van der Waals surface area contributed by atoms with Gasteiger partial charge in [-0.3, -0.25) is 0 Å². The number of fused-ring (bicyclic) bond motifs is 3. The van der Waals surface area contributed by atoms with Gasteiger partial charge >= 0.3 is 5.97 Å². The Labute approximate surface area is 155 Å². The fraction of sp³-hybridized carbons (Fsp3) is 0.571. The summed E-state index contributed by atoms with van der Waals surface area (Å²) in [5, 5.41) is 0. The van der Waals surface area contributed by atoms with Gasteiger partial charge in [-0.05, 0) is 49.8 Å². The molecule has 0 amide bonds. The van der Waals surface area contributed by atoms with E-state index in [1.165, 1.54) is 5.69 Å². The molecule has 5 heteroatoms. The van der Waals surface area contributed by atoms with E-state index in [1.807, 2.05) is 6.92 Å². The largest absolute Gasteiger partial charge is 0.493 e. The lowest BCUT2D eigenvalue weighted by Gasteiger charge is -2.34. The molecule has 5 nitrogen and oxygen atoms in total. The number of hydrogen-bond acceptors (Lipinski definition) is 4. The number of carbonyl (C=O) groups is 1.